The standard InChI is InChI=1S/C11H12ClN/c12-11-7-3-1-5-9(7)13-10-6-2-4-8(10)11/h1-6H2. The fraction of sp³-hybridized carbons (Fsp3) is 0.545. The first-order valence-corrected chi connectivity index (χ1v) is 5.43. The van der Waals surface area contributed by atoms with Gasteiger partial charge in [-0.25, -0.2) is 0 Å². The molecule has 1 aromatic heterocycles. The Hall–Kier alpha value is -0.560. The molecule has 0 bridgehead atoms. The molecule has 0 fully saturated rings. The lowest BCUT2D eigenvalue weighted by atomic mass is 10.1. The summed E-state index contributed by atoms with van der Waals surface area (Å²) in [5, 5.41) is 1.05. The van der Waals surface area contributed by atoms with Crippen molar-refractivity contribution in [3.8, 4) is 0 Å². The van der Waals surface area contributed by atoms with Crippen LogP contribution < -0.4 is 0 Å². The number of rotatable bonds is 0. The van der Waals surface area contributed by atoms with Gasteiger partial charge in [-0.3, -0.25) is 4.98 Å². The van der Waals surface area contributed by atoms with Crippen molar-refractivity contribution < 1.29 is 0 Å². The van der Waals surface area contributed by atoms with Gasteiger partial charge >= 0.3 is 0 Å². The molecule has 0 unspecified atom stereocenters. The lowest BCUT2D eigenvalue weighted by molar-refractivity contribution is 0.872. The van der Waals surface area contributed by atoms with Crippen LogP contribution in [0.3, 0.4) is 0 Å². The lowest BCUT2D eigenvalue weighted by Crippen LogP contribution is -1.97. The van der Waals surface area contributed by atoms with Crippen molar-refractivity contribution in [2.24, 2.45) is 0 Å². The summed E-state index contributed by atoms with van der Waals surface area (Å²) in [7, 11) is 0. The van der Waals surface area contributed by atoms with Gasteiger partial charge in [0.25, 0.3) is 0 Å². The van der Waals surface area contributed by atoms with Gasteiger partial charge < -0.3 is 0 Å². The predicted octanol–water partition coefficient (Wildman–Crippen LogP) is 2.71. The van der Waals surface area contributed by atoms with Crippen LogP contribution in [-0.2, 0) is 25.7 Å². The van der Waals surface area contributed by atoms with Crippen LogP contribution >= 0.6 is 11.6 Å². The number of pyridine rings is 1. The molecule has 0 radical (unpaired) electrons. The first kappa shape index (κ1) is 7.81. The molecule has 1 nitrogen and oxygen atoms in total. The normalized spacial score (nSPS) is 18.8. The molecule has 3 rings (SSSR count). The molecule has 0 aromatic carbocycles. The Kier molecular flexibility index (Phi) is 1.63. The highest BCUT2D eigenvalue weighted by Gasteiger charge is 2.23. The maximum Gasteiger partial charge on any atom is 0.0506 e. The Morgan fingerprint density at radius 1 is 0.846 bits per heavy atom. The second-order valence-electron chi connectivity index (χ2n) is 3.98. The minimum Gasteiger partial charge on any atom is -0.257 e. The minimum absolute atomic E-state index is 1.05. The SMILES string of the molecule is Clc1c2c(nc3c1CCC3)CCC2. The van der Waals surface area contributed by atoms with Crippen LogP contribution in [-0.4, -0.2) is 4.98 Å². The van der Waals surface area contributed by atoms with Gasteiger partial charge in [0.1, 0.15) is 0 Å². The van der Waals surface area contributed by atoms with E-state index in [1.165, 1.54) is 35.4 Å². The van der Waals surface area contributed by atoms with Gasteiger partial charge in [-0.2, -0.15) is 0 Å². The number of aryl methyl sites for hydroxylation is 2. The maximum absolute atomic E-state index is 6.36. The van der Waals surface area contributed by atoms with Crippen molar-refractivity contribution in [3.63, 3.8) is 0 Å². The van der Waals surface area contributed by atoms with E-state index in [1.54, 1.807) is 0 Å². The number of fused-ring (bicyclic) bond motifs is 2. The highest BCUT2D eigenvalue weighted by atomic mass is 35.5. The molecule has 13 heavy (non-hydrogen) atoms. The molecule has 0 saturated carbocycles. The van der Waals surface area contributed by atoms with E-state index in [-0.39, 0.29) is 0 Å². The van der Waals surface area contributed by atoms with E-state index in [0.717, 1.165) is 30.7 Å². The van der Waals surface area contributed by atoms with Gasteiger partial charge in [-0.05, 0) is 49.7 Å². The van der Waals surface area contributed by atoms with Crippen molar-refractivity contribution in [2.45, 2.75) is 38.5 Å². The highest BCUT2D eigenvalue weighted by Crippen LogP contribution is 2.35. The molecule has 2 heteroatoms. The third kappa shape index (κ3) is 1.03. The molecular weight excluding hydrogens is 182 g/mol. The highest BCUT2D eigenvalue weighted by molar-refractivity contribution is 6.32. The smallest absolute Gasteiger partial charge is 0.0506 e. The molecular formula is C11H12ClN. The largest absolute Gasteiger partial charge is 0.257 e. The number of hydrogen-bond acceptors (Lipinski definition) is 1. The van der Waals surface area contributed by atoms with Crippen molar-refractivity contribution in [3.05, 3.63) is 27.5 Å². The van der Waals surface area contributed by atoms with Gasteiger partial charge in [0.2, 0.25) is 0 Å². The number of nitrogens with zero attached hydrogens (tertiary/aromatic N) is 1. The molecule has 1 aromatic rings. The van der Waals surface area contributed by atoms with Crippen LogP contribution in [0.5, 0.6) is 0 Å². The molecule has 1 heterocycles. The van der Waals surface area contributed by atoms with Crippen LogP contribution in [0.15, 0.2) is 0 Å². The second-order valence-corrected chi connectivity index (χ2v) is 4.36. The van der Waals surface area contributed by atoms with E-state index in [9.17, 15) is 0 Å². The summed E-state index contributed by atoms with van der Waals surface area (Å²) in [4.78, 5) is 4.71. The molecule has 2 aliphatic rings. The fourth-order valence-corrected chi connectivity index (χ4v) is 2.93. The van der Waals surface area contributed by atoms with Crippen LogP contribution in [0.2, 0.25) is 5.02 Å². The first-order chi connectivity index (χ1) is 6.36. The van der Waals surface area contributed by atoms with E-state index < -0.39 is 0 Å². The monoisotopic (exact) mass is 193 g/mol. The lowest BCUT2D eigenvalue weighted by Gasteiger charge is -2.07. The van der Waals surface area contributed by atoms with E-state index in [0.29, 0.717) is 0 Å². The fourth-order valence-electron chi connectivity index (χ4n) is 2.52. The molecule has 0 saturated heterocycles. The summed E-state index contributed by atoms with van der Waals surface area (Å²) in [5.74, 6) is 0. The maximum atomic E-state index is 6.36. The number of halogens is 1. The molecule has 2 aliphatic carbocycles. The Labute approximate surface area is 83.1 Å². The third-order valence-electron chi connectivity index (χ3n) is 3.18. The molecule has 0 atom stereocenters. The summed E-state index contributed by atoms with van der Waals surface area (Å²) < 4.78 is 0. The number of hydrogen-bond donors (Lipinski definition) is 0. The molecule has 0 amide bonds. The predicted molar refractivity (Wildman–Crippen MR) is 53.3 cm³/mol. The van der Waals surface area contributed by atoms with Crippen LogP contribution in [0.4, 0.5) is 0 Å². The zero-order valence-corrected chi connectivity index (χ0v) is 8.32. The quantitative estimate of drug-likeness (QED) is 0.618. The van der Waals surface area contributed by atoms with E-state index in [1.807, 2.05) is 0 Å². The Morgan fingerprint density at radius 3 is 1.92 bits per heavy atom. The average Bonchev–Trinajstić information content (AvgIpc) is 2.71. The van der Waals surface area contributed by atoms with Crippen molar-refractivity contribution in [1.29, 1.82) is 0 Å². The second kappa shape index (κ2) is 2.71. The minimum atomic E-state index is 1.05. The van der Waals surface area contributed by atoms with E-state index >= 15 is 0 Å². The topological polar surface area (TPSA) is 12.9 Å². The van der Waals surface area contributed by atoms with Crippen LogP contribution in [0.25, 0.3) is 0 Å². The number of aromatic nitrogens is 1. The summed E-state index contributed by atoms with van der Waals surface area (Å²) in [6.45, 7) is 0. The van der Waals surface area contributed by atoms with Gasteiger partial charge in [0.05, 0.1) is 5.02 Å². The Balaban J connectivity index is 2.26. The zero-order valence-electron chi connectivity index (χ0n) is 7.57. The van der Waals surface area contributed by atoms with Gasteiger partial charge in [-0.1, -0.05) is 11.6 Å². The summed E-state index contributed by atoms with van der Waals surface area (Å²) in [5.41, 5.74) is 5.26. The van der Waals surface area contributed by atoms with Crippen molar-refractivity contribution in [1.82, 2.24) is 4.98 Å². The van der Waals surface area contributed by atoms with Crippen molar-refractivity contribution in [2.75, 3.05) is 0 Å². The molecule has 68 valence electrons. The summed E-state index contributed by atoms with van der Waals surface area (Å²) in [6.07, 6.45) is 7.06. The van der Waals surface area contributed by atoms with Crippen molar-refractivity contribution >= 4 is 11.6 Å². The average molecular weight is 194 g/mol. The summed E-state index contributed by atoms with van der Waals surface area (Å²) in [6, 6.07) is 0. The Bertz CT molecular complexity index is 339. The Morgan fingerprint density at radius 2 is 1.38 bits per heavy atom. The van der Waals surface area contributed by atoms with Crippen LogP contribution in [0, 0.1) is 0 Å². The first-order valence-electron chi connectivity index (χ1n) is 5.05. The van der Waals surface area contributed by atoms with Gasteiger partial charge in [0, 0.05) is 11.4 Å². The summed E-state index contributed by atoms with van der Waals surface area (Å²) >= 11 is 6.36. The van der Waals surface area contributed by atoms with E-state index in [2.05, 4.69) is 0 Å². The zero-order chi connectivity index (χ0) is 8.84. The third-order valence-corrected chi connectivity index (χ3v) is 3.63. The molecule has 0 spiro atoms. The van der Waals surface area contributed by atoms with Gasteiger partial charge in [-0.15, -0.1) is 0 Å². The molecule has 0 N–H and O–H groups in total. The van der Waals surface area contributed by atoms with Gasteiger partial charge in [0.15, 0.2) is 0 Å². The van der Waals surface area contributed by atoms with E-state index in [4.69, 9.17) is 16.6 Å². The molecule has 0 aliphatic heterocycles. The van der Waals surface area contributed by atoms with Crippen LogP contribution in [0.1, 0.15) is 35.4 Å².